The van der Waals surface area contributed by atoms with Crippen LogP contribution in [-0.4, -0.2) is 57.0 Å². The first-order valence-corrected chi connectivity index (χ1v) is 13.2. The third kappa shape index (κ3) is 6.20. The van der Waals surface area contributed by atoms with Crippen molar-refractivity contribution >= 4 is 33.2 Å². The fourth-order valence-electron chi connectivity index (χ4n) is 3.98. The molecule has 0 atom stereocenters. The van der Waals surface area contributed by atoms with Gasteiger partial charge in [-0.2, -0.15) is 4.31 Å². The van der Waals surface area contributed by atoms with Gasteiger partial charge in [0.1, 0.15) is 22.6 Å². The highest BCUT2D eigenvalue weighted by atomic mass is 35.5. The van der Waals surface area contributed by atoms with Crippen molar-refractivity contribution in [3.63, 3.8) is 0 Å². The summed E-state index contributed by atoms with van der Waals surface area (Å²) in [5, 5.41) is 0.220. The molecule has 0 aliphatic carbocycles. The van der Waals surface area contributed by atoms with Crippen molar-refractivity contribution in [2.24, 2.45) is 0 Å². The minimum absolute atomic E-state index is 0.00453. The van der Waals surface area contributed by atoms with Crippen LogP contribution < -0.4 is 0 Å². The maximum Gasteiger partial charge on any atom is 0.244 e. The number of nitrogens with zero attached hydrogens (tertiary/aromatic N) is 2. The maximum absolute atomic E-state index is 13.4. The maximum atomic E-state index is 13.4. The van der Waals surface area contributed by atoms with Crippen molar-refractivity contribution in [1.29, 1.82) is 0 Å². The second-order valence-corrected chi connectivity index (χ2v) is 10.8. The molecular weight excluding hydrogens is 517 g/mol. The van der Waals surface area contributed by atoms with Crippen LogP contribution in [0.1, 0.15) is 17.2 Å². The van der Waals surface area contributed by atoms with Crippen LogP contribution in [-0.2, 0) is 14.8 Å². The Hall–Kier alpha value is -2.07. The van der Waals surface area contributed by atoms with Crippen LogP contribution in [0, 0.1) is 11.6 Å². The lowest BCUT2D eigenvalue weighted by Crippen LogP contribution is -2.49. The quantitative estimate of drug-likeness (QED) is 0.384. The van der Waals surface area contributed by atoms with Gasteiger partial charge < -0.3 is 4.74 Å². The van der Waals surface area contributed by atoms with Gasteiger partial charge in [-0.25, -0.2) is 17.2 Å². The summed E-state index contributed by atoms with van der Waals surface area (Å²) < 4.78 is 60.4. The van der Waals surface area contributed by atoms with Gasteiger partial charge in [0, 0.05) is 32.7 Å². The second-order valence-electron chi connectivity index (χ2n) is 8.15. The zero-order valence-electron chi connectivity index (χ0n) is 18.7. The van der Waals surface area contributed by atoms with Gasteiger partial charge in [-0.1, -0.05) is 53.5 Å². The van der Waals surface area contributed by atoms with E-state index in [1.165, 1.54) is 34.6 Å². The second kappa shape index (κ2) is 11.3. The molecule has 35 heavy (non-hydrogen) atoms. The largest absolute Gasteiger partial charge is 0.367 e. The highest BCUT2D eigenvalue weighted by Crippen LogP contribution is 2.31. The van der Waals surface area contributed by atoms with E-state index in [4.69, 9.17) is 27.9 Å². The number of ether oxygens (including phenoxy) is 1. The summed E-state index contributed by atoms with van der Waals surface area (Å²) in [6.45, 7) is 2.60. The number of rotatable bonds is 8. The summed E-state index contributed by atoms with van der Waals surface area (Å²) in [4.78, 5) is 2.11. The standard InChI is InChI=1S/C25H24Cl2F2N2O3S/c26-22-2-1-3-23(24(22)27)35(32,33)31-14-12-30(13-15-31)16-17-34-25(18-4-8-20(28)9-5-18)19-6-10-21(29)11-7-19/h1-11,25H,12-17H2. The highest BCUT2D eigenvalue weighted by Gasteiger charge is 2.30. The first kappa shape index (κ1) is 26.0. The van der Waals surface area contributed by atoms with Crippen LogP contribution in [0.25, 0.3) is 0 Å². The van der Waals surface area contributed by atoms with Gasteiger partial charge in [0.2, 0.25) is 10.0 Å². The molecule has 0 N–H and O–H groups in total. The zero-order valence-corrected chi connectivity index (χ0v) is 21.0. The van der Waals surface area contributed by atoms with Crippen molar-refractivity contribution in [2.45, 2.75) is 11.0 Å². The molecule has 5 nitrogen and oxygen atoms in total. The summed E-state index contributed by atoms with van der Waals surface area (Å²) in [6.07, 6.45) is -0.483. The van der Waals surface area contributed by atoms with Crippen LogP contribution in [0.4, 0.5) is 8.78 Å². The molecule has 186 valence electrons. The van der Waals surface area contributed by atoms with Crippen LogP contribution in [0.3, 0.4) is 0 Å². The molecule has 1 heterocycles. The summed E-state index contributed by atoms with van der Waals surface area (Å²) >= 11 is 12.1. The first-order valence-electron chi connectivity index (χ1n) is 11.0. The summed E-state index contributed by atoms with van der Waals surface area (Å²) in [5.74, 6) is -0.697. The lowest BCUT2D eigenvalue weighted by Gasteiger charge is -2.34. The van der Waals surface area contributed by atoms with E-state index in [-0.39, 0.29) is 26.6 Å². The minimum Gasteiger partial charge on any atom is -0.367 e. The predicted molar refractivity (Wildman–Crippen MR) is 132 cm³/mol. The third-order valence-corrected chi connectivity index (χ3v) is 8.77. The molecule has 1 saturated heterocycles. The molecule has 0 bridgehead atoms. The number of hydrogen-bond donors (Lipinski definition) is 0. The van der Waals surface area contributed by atoms with E-state index < -0.39 is 16.1 Å². The Morgan fingerprint density at radius 3 is 1.91 bits per heavy atom. The Morgan fingerprint density at radius 1 is 0.829 bits per heavy atom. The fraction of sp³-hybridized carbons (Fsp3) is 0.280. The van der Waals surface area contributed by atoms with E-state index in [1.807, 2.05) is 0 Å². The van der Waals surface area contributed by atoms with E-state index in [0.717, 1.165) is 11.1 Å². The molecule has 1 aliphatic heterocycles. The van der Waals surface area contributed by atoms with E-state index >= 15 is 0 Å². The fourth-order valence-corrected chi connectivity index (χ4v) is 6.13. The molecule has 0 unspecified atom stereocenters. The number of piperazine rings is 1. The van der Waals surface area contributed by atoms with E-state index in [0.29, 0.717) is 39.3 Å². The molecule has 1 fully saturated rings. The Morgan fingerprint density at radius 2 is 1.37 bits per heavy atom. The van der Waals surface area contributed by atoms with Gasteiger partial charge in [0.05, 0.1) is 16.7 Å². The number of benzene rings is 3. The molecule has 10 heteroatoms. The lowest BCUT2D eigenvalue weighted by atomic mass is 10.0. The molecule has 0 radical (unpaired) electrons. The summed E-state index contributed by atoms with van der Waals surface area (Å²) in [6, 6.07) is 16.6. The normalized spacial score (nSPS) is 15.6. The van der Waals surface area contributed by atoms with Crippen LogP contribution >= 0.6 is 23.2 Å². The average molecular weight is 541 g/mol. The molecule has 0 spiro atoms. The summed E-state index contributed by atoms with van der Waals surface area (Å²) in [7, 11) is -3.75. The molecule has 3 aromatic carbocycles. The number of sulfonamides is 1. The highest BCUT2D eigenvalue weighted by molar-refractivity contribution is 7.89. The Bertz CT molecular complexity index is 1210. The van der Waals surface area contributed by atoms with Gasteiger partial charge in [0.25, 0.3) is 0 Å². The van der Waals surface area contributed by atoms with Gasteiger partial charge in [-0.3, -0.25) is 4.90 Å². The molecule has 0 saturated carbocycles. The molecular formula is C25H24Cl2F2N2O3S. The Kier molecular flexibility index (Phi) is 8.42. The summed E-state index contributed by atoms with van der Waals surface area (Å²) in [5.41, 5.74) is 1.51. The van der Waals surface area contributed by atoms with Crippen molar-refractivity contribution in [3.8, 4) is 0 Å². The zero-order chi connectivity index (χ0) is 25.0. The van der Waals surface area contributed by atoms with Gasteiger partial charge >= 0.3 is 0 Å². The molecule has 1 aliphatic rings. The third-order valence-electron chi connectivity index (χ3n) is 5.90. The average Bonchev–Trinajstić information content (AvgIpc) is 2.85. The van der Waals surface area contributed by atoms with E-state index in [2.05, 4.69) is 4.90 Å². The van der Waals surface area contributed by atoms with Gasteiger partial charge in [-0.15, -0.1) is 0 Å². The number of halogens is 4. The van der Waals surface area contributed by atoms with Crippen LogP contribution in [0.15, 0.2) is 71.6 Å². The molecule has 3 aromatic rings. The van der Waals surface area contributed by atoms with Crippen molar-refractivity contribution in [2.75, 3.05) is 39.3 Å². The molecule has 0 aromatic heterocycles. The van der Waals surface area contributed by atoms with Crippen LogP contribution in [0.2, 0.25) is 10.0 Å². The van der Waals surface area contributed by atoms with E-state index in [9.17, 15) is 17.2 Å². The molecule has 0 amide bonds. The topological polar surface area (TPSA) is 49.9 Å². The van der Waals surface area contributed by atoms with E-state index in [1.54, 1.807) is 36.4 Å². The smallest absolute Gasteiger partial charge is 0.244 e. The Balaban J connectivity index is 1.36. The van der Waals surface area contributed by atoms with Crippen molar-refractivity contribution in [3.05, 3.63) is 99.5 Å². The Labute approximate surface area is 213 Å². The lowest BCUT2D eigenvalue weighted by molar-refractivity contribution is 0.0526. The van der Waals surface area contributed by atoms with Crippen molar-refractivity contribution in [1.82, 2.24) is 9.21 Å². The molecule has 4 rings (SSSR count). The van der Waals surface area contributed by atoms with Crippen molar-refractivity contribution < 1.29 is 21.9 Å². The van der Waals surface area contributed by atoms with Crippen LogP contribution in [0.5, 0.6) is 0 Å². The van der Waals surface area contributed by atoms with Gasteiger partial charge in [0.15, 0.2) is 0 Å². The number of hydrogen-bond acceptors (Lipinski definition) is 4. The predicted octanol–water partition coefficient (Wildman–Crippen LogP) is 5.38. The van der Waals surface area contributed by atoms with Gasteiger partial charge in [-0.05, 0) is 47.5 Å². The monoisotopic (exact) mass is 540 g/mol. The minimum atomic E-state index is -3.75. The SMILES string of the molecule is O=S(=O)(c1cccc(Cl)c1Cl)N1CCN(CCOC(c2ccc(F)cc2)c2ccc(F)cc2)CC1. The first-order chi connectivity index (χ1) is 16.8.